The molecule has 26 heavy (non-hydrogen) atoms. The second-order valence-electron chi connectivity index (χ2n) is 7.01. The Kier molecular flexibility index (Phi) is 6.42. The van der Waals surface area contributed by atoms with Crippen molar-refractivity contribution in [3.05, 3.63) is 16.9 Å². The molecule has 0 spiro atoms. The lowest BCUT2D eigenvalue weighted by atomic mass is 9.92. The molecule has 0 unspecified atom stereocenters. The number of anilines is 1. The maximum absolute atomic E-state index is 12.4. The average Bonchev–Trinajstić information content (AvgIpc) is 2.82. The number of esters is 1. The zero-order valence-electron chi connectivity index (χ0n) is 15.8. The first kappa shape index (κ1) is 20.0. The van der Waals surface area contributed by atoms with Gasteiger partial charge in [0.05, 0.1) is 13.2 Å². The first-order chi connectivity index (χ1) is 12.2. The summed E-state index contributed by atoms with van der Waals surface area (Å²) in [7, 11) is 0. The van der Waals surface area contributed by atoms with Gasteiger partial charge in [0.15, 0.2) is 0 Å². The van der Waals surface area contributed by atoms with E-state index in [4.69, 9.17) is 14.9 Å². The average molecular weight is 365 g/mol. The molecule has 1 fully saturated rings. The van der Waals surface area contributed by atoms with Gasteiger partial charge in [-0.3, -0.25) is 19.8 Å². The second-order valence-corrected chi connectivity index (χ2v) is 7.01. The number of nitrogens with zero attached hydrogens (tertiary/aromatic N) is 1. The largest absolute Gasteiger partial charge is 0.462 e. The SMILES string of the molecule is CCOC(=O)c1c(C)oc(NC(=O)CN2C[C@@H](C)C[C@H](C)C2)c1C(N)=O. The molecule has 0 bridgehead atoms. The number of aryl methyl sites for hydroxylation is 1. The van der Waals surface area contributed by atoms with E-state index in [1.807, 2.05) is 0 Å². The minimum Gasteiger partial charge on any atom is -0.462 e. The fourth-order valence-electron chi connectivity index (χ4n) is 3.61. The molecule has 2 heterocycles. The lowest BCUT2D eigenvalue weighted by Crippen LogP contribution is -2.42. The van der Waals surface area contributed by atoms with Crippen LogP contribution >= 0.6 is 0 Å². The molecule has 1 aliphatic rings. The van der Waals surface area contributed by atoms with Crippen molar-refractivity contribution in [2.75, 3.05) is 31.6 Å². The van der Waals surface area contributed by atoms with Crippen LogP contribution in [0.4, 0.5) is 5.88 Å². The number of likely N-dealkylation sites (tertiary alicyclic amines) is 1. The van der Waals surface area contributed by atoms with Crippen molar-refractivity contribution in [1.82, 2.24) is 4.90 Å². The summed E-state index contributed by atoms with van der Waals surface area (Å²) in [6.07, 6.45) is 1.14. The van der Waals surface area contributed by atoms with Gasteiger partial charge in [0.25, 0.3) is 5.91 Å². The number of nitrogens with one attached hydrogen (secondary N) is 1. The number of carbonyl (C=O) groups excluding carboxylic acids is 3. The standard InChI is InChI=1S/C18H27N3O5/c1-5-25-18(24)14-12(4)26-17(15(14)16(19)23)20-13(22)9-21-7-10(2)6-11(3)8-21/h10-11H,5-9H2,1-4H3,(H2,19,23)(H,20,22)/t10-,11-/m0/s1. The highest BCUT2D eigenvalue weighted by Gasteiger charge is 2.30. The van der Waals surface area contributed by atoms with Crippen LogP contribution in [0.2, 0.25) is 0 Å². The highest BCUT2D eigenvalue weighted by atomic mass is 16.5. The van der Waals surface area contributed by atoms with Crippen LogP contribution in [0.5, 0.6) is 0 Å². The summed E-state index contributed by atoms with van der Waals surface area (Å²) in [5.74, 6) is -0.781. The molecule has 8 nitrogen and oxygen atoms in total. The number of rotatable bonds is 6. The molecule has 1 aromatic rings. The third kappa shape index (κ3) is 4.63. The molecular formula is C18H27N3O5. The van der Waals surface area contributed by atoms with E-state index in [9.17, 15) is 14.4 Å². The predicted octanol–water partition coefficient (Wildman–Crippen LogP) is 1.78. The molecule has 2 amide bonds. The highest BCUT2D eigenvalue weighted by molar-refractivity contribution is 6.10. The Morgan fingerprint density at radius 2 is 1.85 bits per heavy atom. The second kappa shape index (κ2) is 8.35. The zero-order valence-corrected chi connectivity index (χ0v) is 15.8. The molecule has 8 heteroatoms. The molecule has 1 aromatic heterocycles. The normalized spacial score (nSPS) is 20.6. The van der Waals surface area contributed by atoms with Gasteiger partial charge in [0, 0.05) is 13.1 Å². The quantitative estimate of drug-likeness (QED) is 0.743. The van der Waals surface area contributed by atoms with Gasteiger partial charge in [-0.25, -0.2) is 4.79 Å². The Balaban J connectivity index is 2.15. The van der Waals surface area contributed by atoms with Crippen LogP contribution in [0.25, 0.3) is 0 Å². The molecule has 1 aliphatic heterocycles. The Morgan fingerprint density at radius 1 is 1.23 bits per heavy atom. The molecule has 3 N–H and O–H groups in total. The van der Waals surface area contributed by atoms with E-state index in [0.29, 0.717) is 11.8 Å². The maximum Gasteiger partial charge on any atom is 0.342 e. The van der Waals surface area contributed by atoms with E-state index in [2.05, 4.69) is 24.1 Å². The van der Waals surface area contributed by atoms with Gasteiger partial charge in [-0.05, 0) is 32.1 Å². The molecule has 1 saturated heterocycles. The van der Waals surface area contributed by atoms with Crippen LogP contribution < -0.4 is 11.1 Å². The van der Waals surface area contributed by atoms with E-state index in [1.165, 1.54) is 6.92 Å². The van der Waals surface area contributed by atoms with Crippen molar-refractivity contribution >= 4 is 23.7 Å². The fraction of sp³-hybridized carbons (Fsp3) is 0.611. The van der Waals surface area contributed by atoms with Gasteiger partial charge in [0.1, 0.15) is 16.9 Å². The van der Waals surface area contributed by atoms with E-state index in [1.54, 1.807) is 6.92 Å². The number of primary amides is 1. The summed E-state index contributed by atoms with van der Waals surface area (Å²) in [5.41, 5.74) is 5.19. The summed E-state index contributed by atoms with van der Waals surface area (Å²) in [6.45, 7) is 9.50. The van der Waals surface area contributed by atoms with Crippen molar-refractivity contribution in [3.63, 3.8) is 0 Å². The van der Waals surface area contributed by atoms with Crippen LogP contribution in [0, 0.1) is 18.8 Å². The number of ether oxygens (including phenoxy) is 1. The number of hydrogen-bond donors (Lipinski definition) is 2. The number of amides is 2. The zero-order chi connectivity index (χ0) is 19.4. The van der Waals surface area contributed by atoms with Gasteiger partial charge in [-0.2, -0.15) is 0 Å². The molecular weight excluding hydrogens is 338 g/mol. The first-order valence-electron chi connectivity index (χ1n) is 8.85. The molecule has 2 rings (SSSR count). The lowest BCUT2D eigenvalue weighted by molar-refractivity contribution is -0.118. The minimum absolute atomic E-state index is 0.0464. The van der Waals surface area contributed by atoms with E-state index >= 15 is 0 Å². The van der Waals surface area contributed by atoms with Crippen molar-refractivity contribution in [1.29, 1.82) is 0 Å². The molecule has 0 aromatic carbocycles. The minimum atomic E-state index is -0.861. The molecule has 144 valence electrons. The van der Waals surface area contributed by atoms with Crippen molar-refractivity contribution in [2.24, 2.45) is 17.6 Å². The molecule has 2 atom stereocenters. The van der Waals surface area contributed by atoms with Crippen LogP contribution in [0.15, 0.2) is 4.42 Å². The third-order valence-electron chi connectivity index (χ3n) is 4.37. The number of carbonyl (C=O) groups is 3. The Hall–Kier alpha value is -2.35. The van der Waals surface area contributed by atoms with E-state index < -0.39 is 11.9 Å². The Labute approximate surface area is 153 Å². The summed E-state index contributed by atoms with van der Waals surface area (Å²) >= 11 is 0. The molecule has 0 saturated carbocycles. The summed E-state index contributed by atoms with van der Waals surface area (Å²) in [4.78, 5) is 38.4. The number of nitrogens with two attached hydrogens (primary N) is 1. The lowest BCUT2D eigenvalue weighted by Gasteiger charge is -2.34. The first-order valence-corrected chi connectivity index (χ1v) is 8.85. The monoisotopic (exact) mass is 365 g/mol. The van der Waals surface area contributed by atoms with Crippen molar-refractivity contribution < 1.29 is 23.5 Å². The van der Waals surface area contributed by atoms with Gasteiger partial charge >= 0.3 is 5.97 Å². The molecule has 0 aliphatic carbocycles. The number of piperidine rings is 1. The van der Waals surface area contributed by atoms with Crippen LogP contribution in [-0.4, -0.2) is 48.9 Å². The van der Waals surface area contributed by atoms with Gasteiger partial charge < -0.3 is 14.9 Å². The summed E-state index contributed by atoms with van der Waals surface area (Å²) in [5, 5.41) is 2.57. The Bertz CT molecular complexity index is 687. The fourth-order valence-corrected chi connectivity index (χ4v) is 3.61. The van der Waals surface area contributed by atoms with Crippen LogP contribution in [0.1, 0.15) is 53.7 Å². The van der Waals surface area contributed by atoms with Crippen LogP contribution in [0.3, 0.4) is 0 Å². The van der Waals surface area contributed by atoms with Gasteiger partial charge in [0.2, 0.25) is 11.8 Å². The predicted molar refractivity (Wildman–Crippen MR) is 95.9 cm³/mol. The van der Waals surface area contributed by atoms with E-state index in [0.717, 1.165) is 19.5 Å². The van der Waals surface area contributed by atoms with Crippen LogP contribution in [-0.2, 0) is 9.53 Å². The third-order valence-corrected chi connectivity index (χ3v) is 4.37. The summed E-state index contributed by atoms with van der Waals surface area (Å²) in [6, 6.07) is 0. The smallest absolute Gasteiger partial charge is 0.342 e. The summed E-state index contributed by atoms with van der Waals surface area (Å²) < 4.78 is 10.4. The van der Waals surface area contributed by atoms with E-state index in [-0.39, 0.29) is 41.8 Å². The van der Waals surface area contributed by atoms with Gasteiger partial charge in [-0.15, -0.1) is 0 Å². The van der Waals surface area contributed by atoms with Gasteiger partial charge in [-0.1, -0.05) is 13.8 Å². The molecule has 0 radical (unpaired) electrons. The number of furan rings is 1. The maximum atomic E-state index is 12.4. The van der Waals surface area contributed by atoms with Crippen molar-refractivity contribution in [2.45, 2.75) is 34.1 Å². The number of hydrogen-bond acceptors (Lipinski definition) is 6. The topological polar surface area (TPSA) is 115 Å². The van der Waals surface area contributed by atoms with Crippen molar-refractivity contribution in [3.8, 4) is 0 Å². The Morgan fingerprint density at radius 3 is 2.38 bits per heavy atom. The highest BCUT2D eigenvalue weighted by Crippen LogP contribution is 2.28.